The van der Waals surface area contributed by atoms with Crippen LogP contribution in [0.15, 0.2) is 24.3 Å². The fraction of sp³-hybridized carbons (Fsp3) is 0. The molecule has 0 aliphatic rings. The van der Waals surface area contributed by atoms with Crippen LogP contribution in [-0.2, 0) is 0 Å². The topological polar surface area (TPSA) is 110 Å². The van der Waals surface area contributed by atoms with Crippen molar-refractivity contribution in [1.82, 2.24) is 29.9 Å². The summed E-state index contributed by atoms with van der Waals surface area (Å²) in [6, 6.07) is 6.40. The quantitative estimate of drug-likeness (QED) is 0.561. The predicted molar refractivity (Wildman–Crippen MR) is 96.1 cm³/mol. The Morgan fingerprint density at radius 2 is 0.960 bits per heavy atom. The van der Waals surface area contributed by atoms with E-state index in [1.807, 2.05) is 0 Å². The lowest BCUT2D eigenvalue weighted by atomic mass is 10.3. The first kappa shape index (κ1) is 19.6. The van der Waals surface area contributed by atoms with Crippen LogP contribution in [0, 0.1) is 0 Å². The number of nitrogens with zero attached hydrogens (tertiary/aromatic N) is 6. The average molecular weight is 441 g/mol. The second-order valence-electron chi connectivity index (χ2n) is 4.01. The molecule has 0 spiro atoms. The van der Waals surface area contributed by atoms with Gasteiger partial charge in [0.1, 0.15) is 5.75 Å². The van der Waals surface area contributed by atoms with Gasteiger partial charge in [-0.15, -0.1) is 0 Å². The molecule has 2 N–H and O–H groups in total. The molecule has 0 amide bonds. The first-order valence-corrected chi connectivity index (χ1v) is 8.06. The van der Waals surface area contributed by atoms with E-state index in [-0.39, 0.29) is 38.1 Å². The van der Waals surface area contributed by atoms with Crippen LogP contribution < -0.4 is 5.32 Å². The normalized spacial score (nSPS) is 9.96. The summed E-state index contributed by atoms with van der Waals surface area (Å²) in [6.45, 7) is 0. The van der Waals surface area contributed by atoms with Gasteiger partial charge in [0.2, 0.25) is 32.4 Å². The van der Waals surface area contributed by atoms with Gasteiger partial charge in [0.05, 0.1) is 0 Å². The van der Waals surface area contributed by atoms with Crippen molar-refractivity contribution in [2.75, 3.05) is 5.32 Å². The van der Waals surface area contributed by atoms with E-state index in [9.17, 15) is 0 Å². The van der Waals surface area contributed by atoms with Crippen LogP contribution in [0.3, 0.4) is 0 Å². The molecule has 13 heteroatoms. The number of phenols is 1. The minimum atomic E-state index is 0.000000000000000444. The van der Waals surface area contributed by atoms with Crippen molar-refractivity contribution in [3.8, 4) is 5.75 Å². The highest BCUT2D eigenvalue weighted by atomic mass is 35.5. The second kappa shape index (κ2) is 9.12. The SMILES string of the molecule is Clc1nc(Cl)nc(Cl)n1.Oc1ccc(Nc2nc(Cl)nc(Cl)n2)cc1. The number of hydrogen-bond acceptors (Lipinski definition) is 8. The number of hydrogen-bond donors (Lipinski definition) is 2. The Bertz CT molecular complexity index is 794. The summed E-state index contributed by atoms with van der Waals surface area (Å²) in [5.41, 5.74) is 0.705. The summed E-state index contributed by atoms with van der Waals surface area (Å²) >= 11 is 27.2. The van der Waals surface area contributed by atoms with Gasteiger partial charge >= 0.3 is 0 Å². The molecule has 0 atom stereocenters. The summed E-state index contributed by atoms with van der Waals surface area (Å²) in [5, 5.41) is 12.0. The first-order valence-electron chi connectivity index (χ1n) is 6.17. The number of aromatic hydroxyl groups is 1. The average Bonchev–Trinajstić information content (AvgIpc) is 2.48. The minimum Gasteiger partial charge on any atom is -0.508 e. The molecule has 0 aliphatic carbocycles. The first-order chi connectivity index (χ1) is 11.8. The number of phenolic OH excluding ortho intramolecular Hbond substituents is 1. The molecule has 0 radical (unpaired) electrons. The van der Waals surface area contributed by atoms with Gasteiger partial charge in [-0.3, -0.25) is 0 Å². The number of anilines is 2. The second-order valence-corrected chi connectivity index (χ2v) is 5.70. The third-order valence-corrected chi connectivity index (χ3v) is 3.10. The largest absolute Gasteiger partial charge is 0.508 e. The molecule has 0 saturated heterocycles. The standard InChI is InChI=1S/C9H6Cl2N4O.C3Cl3N3/c10-7-13-8(11)15-9(14-7)12-5-1-3-6(16)4-2-5;4-1-7-2(5)9-3(6)8-1/h1-4,16H,(H,12,13,14,15);. The van der Waals surface area contributed by atoms with Crippen molar-refractivity contribution in [2.24, 2.45) is 0 Å². The van der Waals surface area contributed by atoms with Crippen molar-refractivity contribution in [2.45, 2.75) is 0 Å². The van der Waals surface area contributed by atoms with Crippen LogP contribution in [0.4, 0.5) is 11.6 Å². The van der Waals surface area contributed by atoms with Crippen molar-refractivity contribution < 1.29 is 5.11 Å². The van der Waals surface area contributed by atoms with Crippen molar-refractivity contribution in [3.05, 3.63) is 50.7 Å². The maximum Gasteiger partial charge on any atom is 0.232 e. The Morgan fingerprint density at radius 3 is 1.36 bits per heavy atom. The lowest BCUT2D eigenvalue weighted by Crippen LogP contribution is -1.99. The Balaban J connectivity index is 0.000000212. The molecule has 130 valence electrons. The van der Waals surface area contributed by atoms with Crippen LogP contribution in [0.25, 0.3) is 0 Å². The highest BCUT2D eigenvalue weighted by molar-refractivity contribution is 6.33. The molecular weight excluding hydrogens is 435 g/mol. The summed E-state index contributed by atoms with van der Waals surface area (Å²) in [4.78, 5) is 21.7. The van der Waals surface area contributed by atoms with Gasteiger partial charge in [0, 0.05) is 5.69 Å². The zero-order valence-electron chi connectivity index (χ0n) is 11.8. The van der Waals surface area contributed by atoms with Gasteiger partial charge in [0.15, 0.2) is 0 Å². The Kier molecular flexibility index (Phi) is 7.15. The number of nitrogens with one attached hydrogen (secondary N) is 1. The van der Waals surface area contributed by atoms with Gasteiger partial charge in [0.25, 0.3) is 0 Å². The van der Waals surface area contributed by atoms with E-state index >= 15 is 0 Å². The zero-order chi connectivity index (χ0) is 18.4. The van der Waals surface area contributed by atoms with Gasteiger partial charge in [-0.1, -0.05) is 0 Å². The van der Waals surface area contributed by atoms with Crippen LogP contribution in [0.1, 0.15) is 0 Å². The molecule has 3 rings (SSSR count). The van der Waals surface area contributed by atoms with Gasteiger partial charge < -0.3 is 10.4 Å². The van der Waals surface area contributed by atoms with E-state index in [0.717, 1.165) is 0 Å². The van der Waals surface area contributed by atoms with Crippen molar-refractivity contribution >= 4 is 69.6 Å². The molecule has 0 unspecified atom stereocenters. The third kappa shape index (κ3) is 6.97. The highest BCUT2D eigenvalue weighted by Gasteiger charge is 2.03. The number of benzene rings is 1. The van der Waals surface area contributed by atoms with E-state index in [4.69, 9.17) is 63.1 Å². The van der Waals surface area contributed by atoms with Gasteiger partial charge in [-0.05, 0) is 82.3 Å². The van der Waals surface area contributed by atoms with E-state index in [0.29, 0.717) is 5.69 Å². The third-order valence-electron chi connectivity index (χ3n) is 2.26. The molecule has 0 fully saturated rings. The maximum atomic E-state index is 9.10. The molecule has 8 nitrogen and oxygen atoms in total. The number of halogens is 5. The molecule has 0 saturated carbocycles. The summed E-state index contributed by atoms with van der Waals surface area (Å²) in [7, 11) is 0. The summed E-state index contributed by atoms with van der Waals surface area (Å²) < 4.78 is 0. The molecule has 0 aliphatic heterocycles. The van der Waals surface area contributed by atoms with Gasteiger partial charge in [-0.25, -0.2) is 0 Å². The lowest BCUT2D eigenvalue weighted by molar-refractivity contribution is 0.475. The van der Waals surface area contributed by atoms with Crippen molar-refractivity contribution in [1.29, 1.82) is 0 Å². The Labute approximate surface area is 166 Å². The number of rotatable bonds is 2. The fourth-order valence-corrected chi connectivity index (χ4v) is 2.33. The van der Waals surface area contributed by atoms with E-state index in [1.165, 1.54) is 12.1 Å². The van der Waals surface area contributed by atoms with Crippen LogP contribution in [0.5, 0.6) is 5.75 Å². The van der Waals surface area contributed by atoms with E-state index in [2.05, 4.69) is 35.2 Å². The van der Waals surface area contributed by atoms with Crippen molar-refractivity contribution in [3.63, 3.8) is 0 Å². The molecule has 2 heterocycles. The molecule has 2 aromatic heterocycles. The highest BCUT2D eigenvalue weighted by Crippen LogP contribution is 2.18. The minimum absolute atomic E-state index is 0.000000000000000444. The van der Waals surface area contributed by atoms with E-state index < -0.39 is 0 Å². The van der Waals surface area contributed by atoms with E-state index in [1.54, 1.807) is 12.1 Å². The van der Waals surface area contributed by atoms with Crippen LogP contribution in [0.2, 0.25) is 26.4 Å². The van der Waals surface area contributed by atoms with Gasteiger partial charge in [-0.2, -0.15) is 29.9 Å². The monoisotopic (exact) mass is 439 g/mol. The smallest absolute Gasteiger partial charge is 0.232 e. The molecule has 1 aromatic carbocycles. The predicted octanol–water partition coefficient (Wildman–Crippen LogP) is 4.46. The van der Waals surface area contributed by atoms with Crippen LogP contribution in [-0.4, -0.2) is 35.0 Å². The summed E-state index contributed by atoms with van der Waals surface area (Å²) in [5.74, 6) is 0.424. The lowest BCUT2D eigenvalue weighted by Gasteiger charge is -2.04. The Morgan fingerprint density at radius 1 is 0.600 bits per heavy atom. The maximum absolute atomic E-state index is 9.10. The zero-order valence-corrected chi connectivity index (χ0v) is 15.6. The molecular formula is C12H6Cl5N7O. The number of aromatic nitrogens is 6. The summed E-state index contributed by atoms with van der Waals surface area (Å²) in [6.07, 6.45) is 0. The molecule has 3 aromatic rings. The molecule has 25 heavy (non-hydrogen) atoms. The fourth-order valence-electron chi connectivity index (χ4n) is 1.36. The van der Waals surface area contributed by atoms with Crippen LogP contribution >= 0.6 is 58.0 Å². The Hall–Kier alpha value is -1.71. The molecule has 0 bridgehead atoms.